The van der Waals surface area contributed by atoms with Gasteiger partial charge in [0, 0.05) is 10.5 Å². The third-order valence-electron chi connectivity index (χ3n) is 4.34. The summed E-state index contributed by atoms with van der Waals surface area (Å²) in [5, 5.41) is 2.98. The molecule has 3 rings (SSSR count). The molecule has 4 nitrogen and oxygen atoms in total. The van der Waals surface area contributed by atoms with Crippen LogP contribution in [-0.4, -0.2) is 31.0 Å². The third kappa shape index (κ3) is 3.97. The Hall–Kier alpha value is -1.85. The largest absolute Gasteiger partial charge is 0.497 e. The van der Waals surface area contributed by atoms with E-state index in [1.807, 2.05) is 36.4 Å². The summed E-state index contributed by atoms with van der Waals surface area (Å²) in [7, 11) is 1.68. The molecule has 0 bridgehead atoms. The summed E-state index contributed by atoms with van der Waals surface area (Å²) >= 11 is 3.46. The minimum Gasteiger partial charge on any atom is -0.497 e. The molecular weight excluding hydrogens is 368 g/mol. The summed E-state index contributed by atoms with van der Waals surface area (Å²) in [6, 6.07) is 16.1. The van der Waals surface area contributed by atoms with E-state index in [0.29, 0.717) is 6.54 Å². The maximum atomic E-state index is 12.4. The van der Waals surface area contributed by atoms with E-state index in [-0.39, 0.29) is 11.9 Å². The van der Waals surface area contributed by atoms with Crippen LogP contribution < -0.4 is 10.1 Å². The second-order valence-electron chi connectivity index (χ2n) is 5.93. The molecule has 1 aliphatic heterocycles. The molecule has 0 saturated carbocycles. The van der Waals surface area contributed by atoms with Crippen LogP contribution in [0.5, 0.6) is 5.75 Å². The Morgan fingerprint density at radius 2 is 2.12 bits per heavy atom. The summed E-state index contributed by atoms with van der Waals surface area (Å²) in [5.74, 6) is 0.869. The van der Waals surface area contributed by atoms with E-state index in [1.165, 1.54) is 5.56 Å². The van der Waals surface area contributed by atoms with Gasteiger partial charge in [0.2, 0.25) is 5.91 Å². The van der Waals surface area contributed by atoms with Crippen molar-refractivity contribution in [2.75, 3.05) is 25.5 Å². The van der Waals surface area contributed by atoms with Crippen LogP contribution >= 0.6 is 15.9 Å². The number of methoxy groups -OCH3 is 1. The van der Waals surface area contributed by atoms with Crippen molar-refractivity contribution in [3.8, 4) is 5.75 Å². The SMILES string of the molecule is COc1cccc([C@H]2CCCN2CC(=O)Nc2ccccc2Br)c1. The van der Waals surface area contributed by atoms with Crippen molar-refractivity contribution in [3.63, 3.8) is 0 Å². The van der Waals surface area contributed by atoms with Gasteiger partial charge in [-0.3, -0.25) is 9.69 Å². The van der Waals surface area contributed by atoms with Crippen LogP contribution in [0.4, 0.5) is 5.69 Å². The summed E-state index contributed by atoms with van der Waals surface area (Å²) in [4.78, 5) is 14.7. The third-order valence-corrected chi connectivity index (χ3v) is 5.03. The number of hydrogen-bond acceptors (Lipinski definition) is 3. The van der Waals surface area contributed by atoms with E-state index in [0.717, 1.165) is 35.3 Å². The second kappa shape index (κ2) is 7.81. The van der Waals surface area contributed by atoms with Gasteiger partial charge in [-0.1, -0.05) is 24.3 Å². The van der Waals surface area contributed by atoms with Crippen molar-refractivity contribution in [2.45, 2.75) is 18.9 Å². The lowest BCUT2D eigenvalue weighted by Gasteiger charge is -2.24. The van der Waals surface area contributed by atoms with Gasteiger partial charge in [0.25, 0.3) is 0 Å². The molecule has 1 saturated heterocycles. The molecule has 0 radical (unpaired) electrons. The van der Waals surface area contributed by atoms with Crippen LogP contribution in [0, 0.1) is 0 Å². The van der Waals surface area contributed by atoms with Gasteiger partial charge in [0.05, 0.1) is 19.3 Å². The Morgan fingerprint density at radius 3 is 2.92 bits per heavy atom. The minimum atomic E-state index is 0.0108. The Kier molecular flexibility index (Phi) is 5.53. The first-order valence-electron chi connectivity index (χ1n) is 8.10. The lowest BCUT2D eigenvalue weighted by molar-refractivity contribution is -0.117. The van der Waals surface area contributed by atoms with Crippen molar-refractivity contribution in [1.82, 2.24) is 4.90 Å². The molecule has 1 atom stereocenters. The number of carbonyl (C=O) groups is 1. The van der Waals surface area contributed by atoms with Gasteiger partial charge < -0.3 is 10.1 Å². The zero-order valence-corrected chi connectivity index (χ0v) is 15.3. The average molecular weight is 389 g/mol. The molecule has 1 N–H and O–H groups in total. The molecule has 5 heteroatoms. The molecule has 1 heterocycles. The number of ether oxygens (including phenoxy) is 1. The number of anilines is 1. The maximum Gasteiger partial charge on any atom is 0.238 e. The van der Waals surface area contributed by atoms with Crippen LogP contribution in [0.25, 0.3) is 0 Å². The molecule has 1 fully saturated rings. The van der Waals surface area contributed by atoms with Gasteiger partial charge in [-0.05, 0) is 65.1 Å². The Morgan fingerprint density at radius 1 is 1.29 bits per heavy atom. The summed E-state index contributed by atoms with van der Waals surface area (Å²) in [6.07, 6.45) is 2.17. The molecule has 0 aliphatic carbocycles. The van der Waals surface area contributed by atoms with Gasteiger partial charge >= 0.3 is 0 Å². The fraction of sp³-hybridized carbons (Fsp3) is 0.316. The smallest absolute Gasteiger partial charge is 0.238 e. The van der Waals surface area contributed by atoms with Crippen molar-refractivity contribution in [1.29, 1.82) is 0 Å². The number of carbonyl (C=O) groups excluding carboxylic acids is 1. The highest BCUT2D eigenvalue weighted by Crippen LogP contribution is 2.33. The average Bonchev–Trinajstić information content (AvgIpc) is 3.05. The fourth-order valence-electron chi connectivity index (χ4n) is 3.18. The van der Waals surface area contributed by atoms with Gasteiger partial charge in [-0.25, -0.2) is 0 Å². The van der Waals surface area contributed by atoms with Crippen molar-refractivity contribution >= 4 is 27.5 Å². The topological polar surface area (TPSA) is 41.6 Å². The van der Waals surface area contributed by atoms with Gasteiger partial charge in [0.15, 0.2) is 0 Å². The number of rotatable bonds is 5. The molecule has 2 aromatic carbocycles. The number of halogens is 1. The predicted molar refractivity (Wildman–Crippen MR) is 99.3 cm³/mol. The zero-order chi connectivity index (χ0) is 16.9. The number of benzene rings is 2. The minimum absolute atomic E-state index is 0.0108. The van der Waals surface area contributed by atoms with Gasteiger partial charge in [-0.2, -0.15) is 0 Å². The predicted octanol–water partition coefficient (Wildman–Crippen LogP) is 4.23. The zero-order valence-electron chi connectivity index (χ0n) is 13.7. The highest BCUT2D eigenvalue weighted by molar-refractivity contribution is 9.10. The number of nitrogens with zero attached hydrogens (tertiary/aromatic N) is 1. The highest BCUT2D eigenvalue weighted by Gasteiger charge is 2.27. The van der Waals surface area contributed by atoms with Gasteiger partial charge in [0.1, 0.15) is 5.75 Å². The molecule has 1 amide bonds. The summed E-state index contributed by atoms with van der Waals surface area (Å²) in [5.41, 5.74) is 2.01. The van der Waals surface area contributed by atoms with Crippen LogP contribution in [0.2, 0.25) is 0 Å². The van der Waals surface area contributed by atoms with Gasteiger partial charge in [-0.15, -0.1) is 0 Å². The molecule has 2 aromatic rings. The number of para-hydroxylation sites is 1. The summed E-state index contributed by atoms with van der Waals surface area (Å²) < 4.78 is 6.21. The first kappa shape index (κ1) is 17.0. The van der Waals surface area contributed by atoms with Crippen LogP contribution in [0.3, 0.4) is 0 Å². The fourth-order valence-corrected chi connectivity index (χ4v) is 3.56. The van der Waals surface area contributed by atoms with E-state index < -0.39 is 0 Å². The van der Waals surface area contributed by atoms with Crippen LogP contribution in [-0.2, 0) is 4.79 Å². The first-order chi connectivity index (χ1) is 11.7. The maximum absolute atomic E-state index is 12.4. The van der Waals surface area contributed by atoms with E-state index in [4.69, 9.17) is 4.74 Å². The molecular formula is C19H21BrN2O2. The molecule has 126 valence electrons. The van der Waals surface area contributed by atoms with E-state index in [9.17, 15) is 4.79 Å². The normalized spacial score (nSPS) is 17.7. The van der Waals surface area contributed by atoms with Crippen LogP contribution in [0.15, 0.2) is 53.0 Å². The number of nitrogens with one attached hydrogen (secondary N) is 1. The number of amides is 1. The van der Waals surface area contributed by atoms with Crippen molar-refractivity contribution in [2.24, 2.45) is 0 Å². The number of hydrogen-bond donors (Lipinski definition) is 1. The van der Waals surface area contributed by atoms with Crippen molar-refractivity contribution in [3.05, 3.63) is 58.6 Å². The Labute approximate surface area is 150 Å². The van der Waals surface area contributed by atoms with Crippen LogP contribution in [0.1, 0.15) is 24.4 Å². The highest BCUT2D eigenvalue weighted by atomic mass is 79.9. The van der Waals surface area contributed by atoms with E-state index in [2.05, 4.69) is 38.3 Å². The molecule has 0 spiro atoms. The Bertz CT molecular complexity index is 720. The van der Waals surface area contributed by atoms with E-state index >= 15 is 0 Å². The molecule has 24 heavy (non-hydrogen) atoms. The quantitative estimate of drug-likeness (QED) is 0.832. The Balaban J connectivity index is 1.67. The molecule has 0 aromatic heterocycles. The lowest BCUT2D eigenvalue weighted by Crippen LogP contribution is -2.33. The first-order valence-corrected chi connectivity index (χ1v) is 8.89. The molecule has 0 unspecified atom stereocenters. The number of likely N-dealkylation sites (tertiary alicyclic amines) is 1. The second-order valence-corrected chi connectivity index (χ2v) is 6.79. The van der Waals surface area contributed by atoms with Crippen molar-refractivity contribution < 1.29 is 9.53 Å². The van der Waals surface area contributed by atoms with E-state index in [1.54, 1.807) is 7.11 Å². The standard InChI is InChI=1S/C19H21BrN2O2/c1-24-15-7-4-6-14(12-15)18-10-5-11-22(18)13-19(23)21-17-9-3-2-8-16(17)20/h2-4,6-9,12,18H,5,10-11,13H2,1H3,(H,21,23)/t18-/m1/s1. The lowest BCUT2D eigenvalue weighted by atomic mass is 10.0. The summed E-state index contributed by atoms with van der Waals surface area (Å²) in [6.45, 7) is 1.33. The molecule has 1 aliphatic rings. The monoisotopic (exact) mass is 388 g/mol.